The van der Waals surface area contributed by atoms with Crippen molar-refractivity contribution >= 4 is 0 Å². The lowest BCUT2D eigenvalue weighted by Crippen LogP contribution is -2.62. The molecule has 9 heavy (non-hydrogen) atoms. The van der Waals surface area contributed by atoms with Crippen LogP contribution in [0.2, 0.25) is 0 Å². The zero-order chi connectivity index (χ0) is 6.32. The van der Waals surface area contributed by atoms with Crippen molar-refractivity contribution < 1.29 is 0 Å². The standard InChI is InChI=1S/C7H14N2/c8-6-2-4-7(6)3-1-5-9-7/h6,9H,1-5,8H2. The Morgan fingerprint density at radius 2 is 2.33 bits per heavy atom. The molecular weight excluding hydrogens is 112 g/mol. The minimum atomic E-state index is 0.403. The van der Waals surface area contributed by atoms with Gasteiger partial charge in [-0.25, -0.2) is 0 Å². The molecule has 2 fully saturated rings. The summed E-state index contributed by atoms with van der Waals surface area (Å²) in [5.41, 5.74) is 6.26. The molecule has 0 radical (unpaired) electrons. The van der Waals surface area contributed by atoms with Gasteiger partial charge < -0.3 is 11.1 Å². The van der Waals surface area contributed by atoms with E-state index in [-0.39, 0.29) is 0 Å². The molecule has 1 aliphatic heterocycles. The molecule has 2 unspecified atom stereocenters. The molecule has 2 rings (SSSR count). The molecule has 1 saturated heterocycles. The Kier molecular flexibility index (Phi) is 1.08. The summed E-state index contributed by atoms with van der Waals surface area (Å²) in [6.45, 7) is 1.19. The zero-order valence-corrected chi connectivity index (χ0v) is 5.69. The molecule has 0 aromatic carbocycles. The van der Waals surface area contributed by atoms with Crippen LogP contribution in [0.15, 0.2) is 0 Å². The predicted molar refractivity (Wildman–Crippen MR) is 37.2 cm³/mol. The summed E-state index contributed by atoms with van der Waals surface area (Å²) >= 11 is 0. The first-order valence-electron chi connectivity index (χ1n) is 3.84. The van der Waals surface area contributed by atoms with E-state index in [1.54, 1.807) is 0 Å². The molecule has 0 aromatic heterocycles. The lowest BCUT2D eigenvalue weighted by atomic mass is 9.71. The number of hydrogen-bond acceptors (Lipinski definition) is 2. The lowest BCUT2D eigenvalue weighted by Gasteiger charge is -2.45. The third-order valence-corrected chi connectivity index (χ3v) is 2.89. The molecular formula is C7H14N2. The van der Waals surface area contributed by atoms with Gasteiger partial charge in [-0.1, -0.05) is 0 Å². The first-order chi connectivity index (χ1) is 4.33. The summed E-state index contributed by atoms with van der Waals surface area (Å²) in [6, 6.07) is 0.458. The minimum Gasteiger partial charge on any atom is -0.326 e. The molecule has 2 nitrogen and oxygen atoms in total. The van der Waals surface area contributed by atoms with Crippen molar-refractivity contribution in [3.8, 4) is 0 Å². The molecule has 0 amide bonds. The summed E-state index contributed by atoms with van der Waals surface area (Å²) in [4.78, 5) is 0. The average Bonchev–Trinajstić information content (AvgIpc) is 2.34. The van der Waals surface area contributed by atoms with Crippen molar-refractivity contribution in [2.75, 3.05) is 6.54 Å². The Labute approximate surface area is 55.8 Å². The molecule has 52 valence electrons. The minimum absolute atomic E-state index is 0.403. The summed E-state index contributed by atoms with van der Waals surface area (Å²) in [5, 5.41) is 3.49. The van der Waals surface area contributed by atoms with E-state index >= 15 is 0 Å². The normalized spacial score (nSPS) is 49.7. The van der Waals surface area contributed by atoms with E-state index < -0.39 is 0 Å². The fourth-order valence-corrected chi connectivity index (χ4v) is 2.02. The fraction of sp³-hybridized carbons (Fsp3) is 1.00. The van der Waals surface area contributed by atoms with Crippen molar-refractivity contribution in [1.29, 1.82) is 0 Å². The van der Waals surface area contributed by atoms with Gasteiger partial charge in [-0.15, -0.1) is 0 Å². The van der Waals surface area contributed by atoms with Crippen molar-refractivity contribution in [3.63, 3.8) is 0 Å². The highest BCUT2D eigenvalue weighted by Crippen LogP contribution is 2.37. The number of hydrogen-bond donors (Lipinski definition) is 2. The molecule has 1 aliphatic carbocycles. The smallest absolute Gasteiger partial charge is 0.0334 e. The van der Waals surface area contributed by atoms with Gasteiger partial charge >= 0.3 is 0 Å². The summed E-state index contributed by atoms with van der Waals surface area (Å²) in [7, 11) is 0. The van der Waals surface area contributed by atoms with Crippen LogP contribution < -0.4 is 11.1 Å². The fourth-order valence-electron chi connectivity index (χ4n) is 2.02. The molecule has 1 saturated carbocycles. The third-order valence-electron chi connectivity index (χ3n) is 2.89. The zero-order valence-electron chi connectivity index (χ0n) is 5.69. The second-order valence-corrected chi connectivity index (χ2v) is 3.33. The third kappa shape index (κ3) is 0.634. The second kappa shape index (κ2) is 1.70. The van der Waals surface area contributed by atoms with Gasteiger partial charge in [0.15, 0.2) is 0 Å². The average molecular weight is 126 g/mol. The Morgan fingerprint density at radius 1 is 1.44 bits per heavy atom. The maximum absolute atomic E-state index is 5.86. The molecule has 2 aliphatic rings. The molecule has 2 heteroatoms. The highest BCUT2D eigenvalue weighted by Gasteiger charge is 2.45. The van der Waals surface area contributed by atoms with Crippen LogP contribution in [0.25, 0.3) is 0 Å². The van der Waals surface area contributed by atoms with Gasteiger partial charge in [0.1, 0.15) is 0 Å². The Hall–Kier alpha value is -0.0800. The molecule has 1 spiro atoms. The van der Waals surface area contributed by atoms with Gasteiger partial charge in [-0.2, -0.15) is 0 Å². The van der Waals surface area contributed by atoms with Gasteiger partial charge in [0.05, 0.1) is 0 Å². The number of nitrogens with two attached hydrogens (primary N) is 1. The molecule has 1 heterocycles. The van der Waals surface area contributed by atoms with Crippen LogP contribution in [-0.2, 0) is 0 Å². The SMILES string of the molecule is NC1CCC12CCCN2. The van der Waals surface area contributed by atoms with E-state index in [1.165, 1.54) is 32.2 Å². The van der Waals surface area contributed by atoms with E-state index in [0.717, 1.165) is 0 Å². The van der Waals surface area contributed by atoms with Crippen molar-refractivity contribution in [3.05, 3.63) is 0 Å². The highest BCUT2D eigenvalue weighted by molar-refractivity contribution is 5.08. The van der Waals surface area contributed by atoms with Crippen LogP contribution in [0.5, 0.6) is 0 Å². The van der Waals surface area contributed by atoms with Gasteiger partial charge in [0.25, 0.3) is 0 Å². The van der Waals surface area contributed by atoms with Crippen molar-refractivity contribution in [1.82, 2.24) is 5.32 Å². The van der Waals surface area contributed by atoms with Crippen LogP contribution in [0, 0.1) is 0 Å². The van der Waals surface area contributed by atoms with Crippen LogP contribution >= 0.6 is 0 Å². The largest absolute Gasteiger partial charge is 0.326 e. The van der Waals surface area contributed by atoms with Crippen LogP contribution in [0.4, 0.5) is 0 Å². The molecule has 2 atom stereocenters. The summed E-state index contributed by atoms with van der Waals surface area (Å²) < 4.78 is 0. The Balaban J connectivity index is 2.06. The van der Waals surface area contributed by atoms with E-state index in [2.05, 4.69) is 5.32 Å². The maximum atomic E-state index is 5.86. The van der Waals surface area contributed by atoms with Gasteiger partial charge in [0, 0.05) is 11.6 Å². The predicted octanol–water partition coefficient (Wildman–Crippen LogP) is 0.230. The van der Waals surface area contributed by atoms with E-state index in [9.17, 15) is 0 Å². The lowest BCUT2D eigenvalue weighted by molar-refractivity contribution is 0.171. The Bertz CT molecular complexity index is 116. The molecule has 0 bridgehead atoms. The highest BCUT2D eigenvalue weighted by atomic mass is 15.1. The number of rotatable bonds is 0. The van der Waals surface area contributed by atoms with Crippen LogP contribution in [0.1, 0.15) is 25.7 Å². The maximum Gasteiger partial charge on any atom is 0.0334 e. The van der Waals surface area contributed by atoms with Crippen LogP contribution in [0.3, 0.4) is 0 Å². The van der Waals surface area contributed by atoms with Gasteiger partial charge in [0.2, 0.25) is 0 Å². The van der Waals surface area contributed by atoms with E-state index in [1.807, 2.05) is 0 Å². The molecule has 3 N–H and O–H groups in total. The molecule has 0 aromatic rings. The van der Waals surface area contributed by atoms with Crippen LogP contribution in [-0.4, -0.2) is 18.1 Å². The van der Waals surface area contributed by atoms with Gasteiger partial charge in [-0.05, 0) is 32.2 Å². The second-order valence-electron chi connectivity index (χ2n) is 3.33. The monoisotopic (exact) mass is 126 g/mol. The first-order valence-corrected chi connectivity index (χ1v) is 3.84. The van der Waals surface area contributed by atoms with E-state index in [4.69, 9.17) is 5.73 Å². The summed E-state index contributed by atoms with van der Waals surface area (Å²) in [6.07, 6.45) is 5.18. The van der Waals surface area contributed by atoms with E-state index in [0.29, 0.717) is 11.6 Å². The first kappa shape index (κ1) is 5.69. The van der Waals surface area contributed by atoms with Crippen molar-refractivity contribution in [2.45, 2.75) is 37.3 Å². The van der Waals surface area contributed by atoms with Crippen molar-refractivity contribution in [2.24, 2.45) is 5.73 Å². The topological polar surface area (TPSA) is 38.0 Å². The summed E-state index contributed by atoms with van der Waals surface area (Å²) in [5.74, 6) is 0. The Morgan fingerprint density at radius 3 is 2.56 bits per heavy atom. The quantitative estimate of drug-likeness (QED) is 0.487. The number of nitrogens with one attached hydrogen (secondary N) is 1. The van der Waals surface area contributed by atoms with Gasteiger partial charge in [-0.3, -0.25) is 0 Å².